The number of anilines is 1. The minimum absolute atomic E-state index is 0.215. The Bertz CT molecular complexity index is 1110. The Hall–Kier alpha value is -2.05. The predicted octanol–water partition coefficient (Wildman–Crippen LogP) is 6.11. The fourth-order valence-electron chi connectivity index (χ4n) is 5.24. The summed E-state index contributed by atoms with van der Waals surface area (Å²) in [5.74, 6) is -1.53. The lowest BCUT2D eigenvalue weighted by Crippen LogP contribution is -2.34. The van der Waals surface area contributed by atoms with Crippen LogP contribution in [0.4, 0.5) is 14.5 Å². The van der Waals surface area contributed by atoms with E-state index in [2.05, 4.69) is 10.3 Å². The van der Waals surface area contributed by atoms with Gasteiger partial charge in [0.2, 0.25) is 0 Å². The van der Waals surface area contributed by atoms with Crippen molar-refractivity contribution in [2.45, 2.75) is 75.6 Å². The maximum absolute atomic E-state index is 15.2. The number of aromatic nitrogens is 1. The number of alkyl halides is 2. The largest absolute Gasteiger partial charge is 0.388 e. The molecule has 4 atom stereocenters. The number of carbonyl (C=O) groups is 1. The second-order valence-electron chi connectivity index (χ2n) is 9.82. The lowest BCUT2D eigenvalue weighted by molar-refractivity contribution is -0.122. The molecule has 2 fully saturated rings. The van der Waals surface area contributed by atoms with Crippen molar-refractivity contribution < 1.29 is 18.7 Å². The minimum Gasteiger partial charge on any atom is -0.388 e. The van der Waals surface area contributed by atoms with Gasteiger partial charge in [0, 0.05) is 40.7 Å². The van der Waals surface area contributed by atoms with E-state index in [0.717, 1.165) is 49.8 Å². The van der Waals surface area contributed by atoms with Crippen molar-refractivity contribution in [3.05, 3.63) is 41.3 Å². The zero-order chi connectivity index (χ0) is 23.3. The fraction of sp³-hybridized carbons (Fsp3) is 0.538. The van der Waals surface area contributed by atoms with Crippen LogP contribution >= 0.6 is 11.6 Å². The fourth-order valence-corrected chi connectivity index (χ4v) is 5.49. The van der Waals surface area contributed by atoms with Crippen molar-refractivity contribution in [1.82, 2.24) is 4.98 Å². The van der Waals surface area contributed by atoms with Crippen molar-refractivity contribution in [3.8, 4) is 0 Å². The smallest absolute Gasteiger partial charge is 0.189 e. The molecular weight excluding hydrogens is 446 g/mol. The van der Waals surface area contributed by atoms with Crippen LogP contribution in [0.2, 0.25) is 0 Å². The van der Waals surface area contributed by atoms with E-state index in [1.54, 1.807) is 19.2 Å². The van der Waals surface area contributed by atoms with E-state index in [-0.39, 0.29) is 17.5 Å². The molecule has 0 saturated heterocycles. The van der Waals surface area contributed by atoms with E-state index < -0.39 is 35.2 Å². The van der Waals surface area contributed by atoms with Gasteiger partial charge in [-0.15, -0.1) is 11.6 Å². The number of Topliss-reactive ketones (excluding diaryl/α,β-unsaturated/α-hetero) is 1. The first kappa shape index (κ1) is 22.7. The predicted molar refractivity (Wildman–Crippen MR) is 127 cm³/mol. The third-order valence-electron chi connectivity index (χ3n) is 7.44. The molecule has 0 radical (unpaired) electrons. The second-order valence-corrected chi connectivity index (χ2v) is 10.3. The SMILES string of the molecule is CC1C(c2cc3c(NC4CCCCC4)c(C(O)C4CC4)cnc3cc2F)=CC(F)C(=O)C1Cl. The number of hydrogen-bond acceptors (Lipinski definition) is 4. The molecule has 33 heavy (non-hydrogen) atoms. The lowest BCUT2D eigenvalue weighted by atomic mass is 9.82. The lowest BCUT2D eigenvalue weighted by Gasteiger charge is -2.29. The summed E-state index contributed by atoms with van der Waals surface area (Å²) in [5.41, 5.74) is 2.60. The first-order chi connectivity index (χ1) is 15.8. The van der Waals surface area contributed by atoms with Crippen LogP contribution < -0.4 is 5.32 Å². The first-order valence-corrected chi connectivity index (χ1v) is 12.4. The van der Waals surface area contributed by atoms with Gasteiger partial charge in [-0.2, -0.15) is 0 Å². The van der Waals surface area contributed by atoms with E-state index in [4.69, 9.17) is 11.6 Å². The molecule has 0 bridgehead atoms. The van der Waals surface area contributed by atoms with Crippen LogP contribution in [0.3, 0.4) is 0 Å². The molecule has 1 heterocycles. The van der Waals surface area contributed by atoms with Crippen LogP contribution in [0.15, 0.2) is 24.4 Å². The summed E-state index contributed by atoms with van der Waals surface area (Å²) in [6.45, 7) is 1.71. The molecule has 176 valence electrons. The number of pyridine rings is 1. The van der Waals surface area contributed by atoms with Crippen LogP contribution in [0, 0.1) is 17.7 Å². The highest BCUT2D eigenvalue weighted by Crippen LogP contribution is 2.45. The first-order valence-electron chi connectivity index (χ1n) is 12.0. The highest BCUT2D eigenvalue weighted by molar-refractivity contribution is 6.33. The van der Waals surface area contributed by atoms with Gasteiger partial charge in [-0.25, -0.2) is 8.78 Å². The van der Waals surface area contributed by atoms with E-state index in [9.17, 15) is 14.3 Å². The zero-order valence-corrected chi connectivity index (χ0v) is 19.4. The Morgan fingerprint density at radius 1 is 1.18 bits per heavy atom. The highest BCUT2D eigenvalue weighted by Gasteiger charge is 2.37. The number of halogens is 3. The number of aliphatic hydroxyl groups excluding tert-OH is 1. The summed E-state index contributed by atoms with van der Waals surface area (Å²) in [7, 11) is 0. The van der Waals surface area contributed by atoms with Gasteiger partial charge in [-0.05, 0) is 49.3 Å². The number of hydrogen-bond donors (Lipinski definition) is 2. The van der Waals surface area contributed by atoms with Crippen LogP contribution in [0.5, 0.6) is 0 Å². The van der Waals surface area contributed by atoms with E-state index in [0.29, 0.717) is 16.5 Å². The average Bonchev–Trinajstić information content (AvgIpc) is 3.66. The number of ketones is 1. The van der Waals surface area contributed by atoms with Gasteiger partial charge < -0.3 is 10.4 Å². The molecule has 5 rings (SSSR count). The monoisotopic (exact) mass is 474 g/mol. The third kappa shape index (κ3) is 4.28. The molecule has 0 amide bonds. The molecular formula is C26H29ClF2N2O2. The molecule has 2 saturated carbocycles. The molecule has 0 aliphatic heterocycles. The van der Waals surface area contributed by atoms with Gasteiger partial charge in [-0.1, -0.05) is 26.2 Å². The minimum atomic E-state index is -1.85. The Kier molecular flexibility index (Phi) is 6.17. The third-order valence-corrected chi connectivity index (χ3v) is 8.03. The van der Waals surface area contributed by atoms with Crippen molar-refractivity contribution in [2.75, 3.05) is 5.32 Å². The van der Waals surface area contributed by atoms with E-state index >= 15 is 4.39 Å². The van der Waals surface area contributed by atoms with Gasteiger partial charge in [0.05, 0.1) is 17.3 Å². The number of nitrogens with one attached hydrogen (secondary N) is 1. The number of aliphatic hydroxyl groups is 1. The van der Waals surface area contributed by atoms with Gasteiger partial charge >= 0.3 is 0 Å². The molecule has 3 aliphatic carbocycles. The van der Waals surface area contributed by atoms with Crippen molar-refractivity contribution >= 4 is 39.5 Å². The molecule has 3 aliphatic rings. The van der Waals surface area contributed by atoms with Gasteiger partial charge in [0.1, 0.15) is 11.2 Å². The normalized spacial score (nSPS) is 27.5. The molecule has 7 heteroatoms. The average molecular weight is 475 g/mol. The van der Waals surface area contributed by atoms with Gasteiger partial charge in [-0.3, -0.25) is 9.78 Å². The maximum atomic E-state index is 15.2. The summed E-state index contributed by atoms with van der Waals surface area (Å²) >= 11 is 6.19. The summed E-state index contributed by atoms with van der Waals surface area (Å²) in [4.78, 5) is 16.4. The molecule has 4 unspecified atom stereocenters. The van der Waals surface area contributed by atoms with E-state index in [1.165, 1.54) is 18.6 Å². The summed E-state index contributed by atoms with van der Waals surface area (Å²) in [6.07, 6.45) is 7.90. The highest BCUT2D eigenvalue weighted by atomic mass is 35.5. The van der Waals surface area contributed by atoms with Crippen LogP contribution in [-0.4, -0.2) is 33.5 Å². The molecule has 1 aromatic carbocycles. The number of allylic oxidation sites excluding steroid dienone is 2. The zero-order valence-electron chi connectivity index (χ0n) is 18.7. The summed E-state index contributed by atoms with van der Waals surface area (Å²) in [6, 6.07) is 3.31. The van der Waals surface area contributed by atoms with Crippen LogP contribution in [0.25, 0.3) is 16.5 Å². The molecule has 1 aromatic heterocycles. The maximum Gasteiger partial charge on any atom is 0.189 e. The molecule has 0 spiro atoms. The summed E-state index contributed by atoms with van der Waals surface area (Å²) in [5, 5.41) is 14.3. The Labute approximate surface area is 197 Å². The standard InChI is InChI=1S/C26H29ClF2N2O2/c1-13-16(10-21(29)26(33)23(13)27)17-9-18-22(11-20(17)28)30-12-19(25(32)14-7-8-14)24(18)31-15-5-3-2-4-6-15/h9-15,21,23,25,32H,2-8H2,1H3,(H,30,31). The molecule has 2 aromatic rings. The topological polar surface area (TPSA) is 62.2 Å². The number of nitrogens with zero attached hydrogens (tertiary/aromatic N) is 1. The number of carbonyl (C=O) groups excluding carboxylic acids is 1. The second kappa shape index (κ2) is 8.95. The van der Waals surface area contributed by atoms with Gasteiger partial charge in [0.25, 0.3) is 0 Å². The van der Waals surface area contributed by atoms with Crippen molar-refractivity contribution in [2.24, 2.45) is 11.8 Å². The Morgan fingerprint density at radius 2 is 1.91 bits per heavy atom. The van der Waals surface area contributed by atoms with Crippen LogP contribution in [-0.2, 0) is 4.79 Å². The number of rotatable bonds is 5. The molecule has 4 nitrogen and oxygen atoms in total. The number of benzene rings is 1. The van der Waals surface area contributed by atoms with Crippen molar-refractivity contribution in [1.29, 1.82) is 0 Å². The van der Waals surface area contributed by atoms with E-state index in [1.807, 2.05) is 0 Å². The Balaban J connectivity index is 1.65. The quantitative estimate of drug-likeness (QED) is 0.513. The summed E-state index contributed by atoms with van der Waals surface area (Å²) < 4.78 is 29.6. The number of fused-ring (bicyclic) bond motifs is 1. The van der Waals surface area contributed by atoms with Crippen LogP contribution in [0.1, 0.15) is 69.1 Å². The van der Waals surface area contributed by atoms with Gasteiger partial charge in [0.15, 0.2) is 12.0 Å². The van der Waals surface area contributed by atoms with Crippen molar-refractivity contribution in [3.63, 3.8) is 0 Å². The molecule has 2 N–H and O–H groups in total. The Morgan fingerprint density at radius 3 is 2.61 bits per heavy atom.